The van der Waals surface area contributed by atoms with Gasteiger partial charge in [0.25, 0.3) is 0 Å². The molecule has 1 saturated carbocycles. The van der Waals surface area contributed by atoms with Crippen LogP contribution in [0.5, 0.6) is 0 Å². The van der Waals surface area contributed by atoms with Crippen molar-refractivity contribution >= 4 is 57.0 Å². The molecule has 2 aliphatic rings. The molecule has 1 saturated heterocycles. The van der Waals surface area contributed by atoms with Crippen LogP contribution in [0.2, 0.25) is 0 Å². The van der Waals surface area contributed by atoms with Crippen molar-refractivity contribution < 1.29 is 9.53 Å². The predicted molar refractivity (Wildman–Crippen MR) is 153 cm³/mol. The molecule has 2 N–H and O–H groups in total. The Bertz CT molecular complexity index is 699. The maximum absolute atomic E-state index is 12.2. The fraction of sp³-hybridized carbons (Fsp3) is 0.826. The van der Waals surface area contributed by atoms with Crippen molar-refractivity contribution in [3.63, 3.8) is 0 Å². The first-order valence-corrected chi connectivity index (χ1v) is 15.9. The van der Waals surface area contributed by atoms with E-state index in [9.17, 15) is 4.79 Å². The van der Waals surface area contributed by atoms with Gasteiger partial charge in [-0.3, -0.25) is 5.01 Å². The van der Waals surface area contributed by atoms with Gasteiger partial charge in [0, 0.05) is 73.5 Å². The highest BCUT2D eigenvalue weighted by Crippen LogP contribution is 2.50. The molecule has 0 aromatic heterocycles. The molecule has 1 spiro atoms. The lowest BCUT2D eigenvalue weighted by molar-refractivity contribution is -0.107. The summed E-state index contributed by atoms with van der Waals surface area (Å²) in [5.41, 5.74) is 2.17. The molecule has 33 heavy (non-hydrogen) atoms. The number of ether oxygens (including phenoxy) is 1. The van der Waals surface area contributed by atoms with Gasteiger partial charge in [0.2, 0.25) is 0 Å². The van der Waals surface area contributed by atoms with Crippen LogP contribution < -0.4 is 5.84 Å². The van der Waals surface area contributed by atoms with Gasteiger partial charge in [-0.05, 0) is 76.7 Å². The number of likely N-dealkylation sites (tertiary alicyclic amines) is 1. The van der Waals surface area contributed by atoms with E-state index in [2.05, 4.69) is 69.8 Å². The largest absolute Gasteiger partial charge is 0.444 e. The topological polar surface area (TPSA) is 74.4 Å². The van der Waals surface area contributed by atoms with Crippen LogP contribution in [0.3, 0.4) is 0 Å². The van der Waals surface area contributed by atoms with Crippen LogP contribution in [0.15, 0.2) is 16.4 Å². The van der Waals surface area contributed by atoms with Crippen molar-refractivity contribution in [3.05, 3.63) is 11.3 Å². The van der Waals surface area contributed by atoms with Gasteiger partial charge >= 0.3 is 6.09 Å². The Morgan fingerprint density at radius 2 is 1.79 bits per heavy atom. The molecule has 0 radical (unpaired) electrons. The number of hydrogen-bond acceptors (Lipinski definition) is 7. The van der Waals surface area contributed by atoms with Crippen LogP contribution in [0, 0.1) is 5.41 Å². The number of carbonyl (C=O) groups excluding carboxylic acids is 1. The van der Waals surface area contributed by atoms with E-state index in [-0.39, 0.29) is 11.5 Å². The summed E-state index contributed by atoms with van der Waals surface area (Å²) in [6.07, 6.45) is 4.98. The third kappa shape index (κ3) is 9.76. The molecule has 1 heterocycles. The Hall–Kier alpha value is -0.200. The van der Waals surface area contributed by atoms with Crippen LogP contribution in [0.4, 0.5) is 4.79 Å². The molecule has 2 rings (SSSR count). The van der Waals surface area contributed by atoms with Crippen molar-refractivity contribution in [1.29, 1.82) is 0 Å². The van der Waals surface area contributed by atoms with E-state index in [1.807, 2.05) is 32.6 Å². The van der Waals surface area contributed by atoms with E-state index in [0.29, 0.717) is 6.04 Å². The highest BCUT2D eigenvalue weighted by atomic mass is 127. The number of carbonyl (C=O) groups is 1. The second-order valence-corrected chi connectivity index (χ2v) is 12.7. The summed E-state index contributed by atoms with van der Waals surface area (Å²) in [7, 11) is 1.48. The predicted octanol–water partition coefficient (Wildman–Crippen LogP) is 7.08. The summed E-state index contributed by atoms with van der Waals surface area (Å²) >= 11 is 5.83. The zero-order valence-corrected chi connectivity index (χ0v) is 26.1. The van der Waals surface area contributed by atoms with E-state index in [4.69, 9.17) is 15.7 Å². The van der Waals surface area contributed by atoms with Gasteiger partial charge in [-0.15, -0.1) is 0 Å². The molecule has 1 aliphatic heterocycles. The Balaban J connectivity index is 0.00000172. The Morgan fingerprint density at radius 1 is 1.24 bits per heavy atom. The second-order valence-electron chi connectivity index (χ2n) is 10.1. The van der Waals surface area contributed by atoms with Crippen LogP contribution >= 0.6 is 46.3 Å². The van der Waals surface area contributed by atoms with E-state index < -0.39 is 5.60 Å². The van der Waals surface area contributed by atoms with Gasteiger partial charge < -0.3 is 9.64 Å². The summed E-state index contributed by atoms with van der Waals surface area (Å²) in [5.74, 6) is 5.94. The quantitative estimate of drug-likeness (QED) is 0.0987. The number of nitrogens with zero attached hydrogens (tertiary/aromatic N) is 4. The minimum atomic E-state index is -0.439. The van der Waals surface area contributed by atoms with Gasteiger partial charge in [0.05, 0.1) is 0 Å². The van der Waals surface area contributed by atoms with E-state index in [1.54, 1.807) is 4.41 Å². The van der Waals surface area contributed by atoms with Gasteiger partial charge in [-0.2, -0.15) is 5.10 Å². The molecule has 0 unspecified atom stereocenters. The molecule has 1 amide bonds. The van der Waals surface area contributed by atoms with E-state index in [0.717, 1.165) is 55.6 Å². The summed E-state index contributed by atoms with van der Waals surface area (Å²) in [4.78, 5) is 14.0. The Labute approximate surface area is 226 Å². The van der Waals surface area contributed by atoms with Crippen LogP contribution in [0.25, 0.3) is 0 Å². The van der Waals surface area contributed by atoms with Crippen molar-refractivity contribution in [3.8, 4) is 0 Å². The molecule has 0 aromatic rings. The Kier molecular flexibility index (Phi) is 12.9. The first kappa shape index (κ1) is 30.8. The monoisotopic (exact) mass is 659 g/mol. The average molecular weight is 661 g/mol. The lowest BCUT2D eigenvalue weighted by atomic mass is 9.60. The second kappa shape index (κ2) is 13.8. The highest BCUT2D eigenvalue weighted by molar-refractivity contribution is 14.2. The lowest BCUT2D eigenvalue weighted by Gasteiger charge is -2.60. The summed E-state index contributed by atoms with van der Waals surface area (Å²) in [6, 6.07) is 0.441. The van der Waals surface area contributed by atoms with Crippen LogP contribution in [0.1, 0.15) is 87.5 Å². The minimum Gasteiger partial charge on any atom is -0.444 e. The van der Waals surface area contributed by atoms with Gasteiger partial charge in [0.15, 0.2) is 0 Å². The average Bonchev–Trinajstić information content (AvgIpc) is 2.66. The van der Waals surface area contributed by atoms with E-state index >= 15 is 0 Å². The molecule has 2 fully saturated rings. The van der Waals surface area contributed by atoms with Crippen molar-refractivity contribution in [2.24, 2.45) is 16.4 Å². The van der Waals surface area contributed by atoms with Gasteiger partial charge in [0.1, 0.15) is 10.2 Å². The third-order valence-corrected chi connectivity index (χ3v) is 8.00. The maximum atomic E-state index is 12.2. The number of hydrogen-bond donors (Lipinski definition) is 1. The highest BCUT2D eigenvalue weighted by Gasteiger charge is 2.55. The van der Waals surface area contributed by atoms with Crippen LogP contribution in [-0.4, -0.2) is 56.3 Å². The standard InChI is InChI=1S/C20H35BrIN5O2S.C3H8/c1-7-26(24-17(21)9-8-14(2)15(3)27(23)30-22)16-10-20(11-16)12-25(13-20)18(28)29-19(4,5)6;1-3-2/h16H,7-13,23H2,1-6H3;3H2,1-2H3/b15-14+,24-17+;. The molecule has 0 atom stereocenters. The van der Waals surface area contributed by atoms with Crippen LogP contribution in [-0.2, 0) is 4.74 Å². The normalized spacial score (nSPS) is 18.5. The number of hydrazone groups is 1. The smallest absolute Gasteiger partial charge is 0.410 e. The lowest BCUT2D eigenvalue weighted by Crippen LogP contribution is -2.67. The molecule has 192 valence electrons. The molecule has 10 heteroatoms. The number of rotatable bonds is 8. The SMILES string of the molecule is CCC.CCN(/N=C(/Br)CC/C(C)=C(\C)N(N)SI)C1CC2(C1)CN(C(=O)OC(C)(C)C)C2. The van der Waals surface area contributed by atoms with E-state index in [1.165, 1.54) is 21.1 Å². The Morgan fingerprint density at radius 3 is 2.24 bits per heavy atom. The first-order valence-electron chi connectivity index (χ1n) is 11.8. The van der Waals surface area contributed by atoms with Crippen molar-refractivity contribution in [1.82, 2.24) is 14.3 Å². The summed E-state index contributed by atoms with van der Waals surface area (Å²) in [5, 5.41) is 7.01. The number of allylic oxidation sites excluding steroid dienone is 2. The van der Waals surface area contributed by atoms with Gasteiger partial charge in [-0.1, -0.05) is 25.8 Å². The molecular weight excluding hydrogens is 617 g/mol. The third-order valence-electron chi connectivity index (χ3n) is 5.75. The maximum Gasteiger partial charge on any atom is 0.410 e. The fourth-order valence-electron chi connectivity index (χ4n) is 3.94. The summed E-state index contributed by atoms with van der Waals surface area (Å²) < 4.78 is 8.12. The molecule has 1 aliphatic carbocycles. The minimum absolute atomic E-state index is 0.194. The molecule has 0 bridgehead atoms. The number of amides is 1. The zero-order chi connectivity index (χ0) is 25.4. The molecule has 0 aromatic carbocycles. The number of halogens is 2. The first-order chi connectivity index (χ1) is 15.3. The number of hydrazine groups is 1. The fourth-order valence-corrected chi connectivity index (χ4v) is 5.49. The molecular formula is C23H43BrIN5O2S. The molecule has 7 nitrogen and oxygen atoms in total. The number of nitrogens with two attached hydrogens (primary N) is 1. The summed E-state index contributed by atoms with van der Waals surface area (Å²) in [6.45, 7) is 18.7. The zero-order valence-electron chi connectivity index (χ0n) is 21.6. The van der Waals surface area contributed by atoms with Crippen molar-refractivity contribution in [2.45, 2.75) is 99.1 Å². The van der Waals surface area contributed by atoms with Gasteiger partial charge in [-0.25, -0.2) is 15.1 Å². The van der Waals surface area contributed by atoms with Crippen molar-refractivity contribution in [2.75, 3.05) is 19.6 Å².